The fourth-order valence-corrected chi connectivity index (χ4v) is 18.7. The van der Waals surface area contributed by atoms with Crippen LogP contribution >= 0.6 is 7.92 Å². The molecule has 7 aromatic rings. The minimum atomic E-state index is -1.30. The van der Waals surface area contributed by atoms with Crippen molar-refractivity contribution in [3.05, 3.63) is 238 Å². The van der Waals surface area contributed by atoms with Gasteiger partial charge >= 0.3 is 246 Å². The van der Waals surface area contributed by atoms with Crippen LogP contribution in [0, 0.1) is 0 Å². The molecular weight excluding hydrogens is 822 g/mol. The summed E-state index contributed by atoms with van der Waals surface area (Å²) in [7, 11) is -0.592. The van der Waals surface area contributed by atoms with Crippen molar-refractivity contribution in [3.8, 4) is 11.1 Å². The van der Waals surface area contributed by atoms with Gasteiger partial charge < -0.3 is 0 Å². The molecule has 0 N–H and O–H groups in total. The summed E-state index contributed by atoms with van der Waals surface area (Å²) in [6.45, 7) is 2.38. The van der Waals surface area contributed by atoms with Crippen LogP contribution in [-0.2, 0) is 35.7 Å². The normalized spacial score (nSPS) is 15.4. The van der Waals surface area contributed by atoms with Crippen LogP contribution in [0.15, 0.2) is 205 Å². The Morgan fingerprint density at radius 1 is 0.453 bits per heavy atom. The van der Waals surface area contributed by atoms with Gasteiger partial charge in [0.25, 0.3) is 0 Å². The van der Waals surface area contributed by atoms with E-state index >= 15 is 0 Å². The predicted octanol–water partition coefficient (Wildman–Crippen LogP) is 12.6. The summed E-state index contributed by atoms with van der Waals surface area (Å²) in [5.41, 5.74) is 13.1. The molecule has 0 heterocycles. The van der Waals surface area contributed by atoms with Crippen LogP contribution in [-0.4, -0.2) is 0 Å². The molecule has 0 aromatic heterocycles. The van der Waals surface area contributed by atoms with E-state index in [1.165, 1.54) is 44.0 Å². The number of aryl methyl sites for hydroxylation is 2. The van der Waals surface area contributed by atoms with E-state index in [-0.39, 0.29) is 0 Å². The zero-order valence-electron chi connectivity index (χ0n) is 30.1. The Hall–Kier alpha value is -4.68. The second-order valence-corrected chi connectivity index (χ2v) is 21.3. The van der Waals surface area contributed by atoms with Crippen LogP contribution in [0.5, 0.6) is 0 Å². The summed E-state index contributed by atoms with van der Waals surface area (Å²) >= 11 is -1.30. The molecule has 2 atom stereocenters. The van der Waals surface area contributed by atoms with Gasteiger partial charge in [0.05, 0.1) is 0 Å². The third-order valence-electron chi connectivity index (χ3n) is 10.3. The van der Waals surface area contributed by atoms with Crippen molar-refractivity contribution in [2.45, 2.75) is 27.1 Å². The standard InChI is InChI=1S/C21H16P.C16H13.C14H14.Hf/c1-3-11-19(12-4-1)22(20-13-5-2-6-14-20)21-15-17-9-7-8-10-18(17)16-21;1-12-10-14-8-5-9-15(16(14)11-12)13-6-3-2-4-7-13;1-3-7-13(8-4-1)11-12-14-9-5-2-6-10-14;/h1-16H;2-11H,1H3;1-10H,11-12H2;. The van der Waals surface area contributed by atoms with E-state index in [9.17, 15) is 0 Å². The summed E-state index contributed by atoms with van der Waals surface area (Å²) < 4.78 is 1.18. The van der Waals surface area contributed by atoms with Gasteiger partial charge in [0.15, 0.2) is 0 Å². The average Bonchev–Trinajstić information content (AvgIpc) is 3.75. The molecule has 2 aliphatic carbocycles. The Balaban J connectivity index is 0.000000240. The summed E-state index contributed by atoms with van der Waals surface area (Å²) in [5.74, 6) is 0. The molecule has 0 fully saturated rings. The first-order valence-electron chi connectivity index (χ1n) is 18.6. The second kappa shape index (κ2) is 17.0. The minimum absolute atomic E-state index is 0.576. The van der Waals surface area contributed by atoms with Crippen molar-refractivity contribution in [2.75, 3.05) is 0 Å². The summed E-state index contributed by atoms with van der Waals surface area (Å²) in [5, 5.41) is 4.57. The molecule has 0 nitrogen and oxygen atoms in total. The first-order valence-corrected chi connectivity index (χ1v) is 24.1. The molecule has 0 bridgehead atoms. The Morgan fingerprint density at radius 2 is 0.943 bits per heavy atom. The van der Waals surface area contributed by atoms with Crippen molar-refractivity contribution >= 4 is 30.7 Å². The molecule has 256 valence electrons. The summed E-state index contributed by atoms with van der Waals surface area (Å²) in [6, 6.07) is 70.8. The Morgan fingerprint density at radius 3 is 1.53 bits per heavy atom. The van der Waals surface area contributed by atoms with Crippen molar-refractivity contribution in [2.24, 2.45) is 0 Å². The number of hydrogen-bond acceptors (Lipinski definition) is 0. The van der Waals surface area contributed by atoms with E-state index < -0.39 is 30.8 Å². The first-order chi connectivity index (χ1) is 26.2. The molecule has 0 saturated carbocycles. The minimum Gasteiger partial charge on any atom is -0.0622 e. The first kappa shape index (κ1) is 35.4. The van der Waals surface area contributed by atoms with Crippen molar-refractivity contribution in [1.29, 1.82) is 0 Å². The zero-order valence-corrected chi connectivity index (χ0v) is 34.6. The zero-order chi connectivity index (χ0) is 35.8. The van der Waals surface area contributed by atoms with Crippen LogP contribution in [0.1, 0.15) is 47.7 Å². The van der Waals surface area contributed by atoms with Crippen LogP contribution < -0.4 is 10.6 Å². The average molecular weight is 865 g/mol. The quantitative estimate of drug-likeness (QED) is 0.100. The molecule has 7 aromatic carbocycles. The van der Waals surface area contributed by atoms with E-state index in [0.29, 0.717) is 7.35 Å². The maximum atomic E-state index is 2.56. The van der Waals surface area contributed by atoms with Gasteiger partial charge in [-0.2, -0.15) is 0 Å². The van der Waals surface area contributed by atoms with Gasteiger partial charge in [-0.3, -0.25) is 0 Å². The molecule has 0 radical (unpaired) electrons. The van der Waals surface area contributed by atoms with E-state index in [4.69, 9.17) is 0 Å². The van der Waals surface area contributed by atoms with Gasteiger partial charge in [-0.1, -0.05) is 60.7 Å². The fourth-order valence-electron chi connectivity index (χ4n) is 7.66. The number of fused-ring (bicyclic) bond motifs is 2. The third kappa shape index (κ3) is 8.13. The topological polar surface area (TPSA) is 0 Å². The van der Waals surface area contributed by atoms with Crippen LogP contribution in [0.25, 0.3) is 23.3 Å². The van der Waals surface area contributed by atoms with Crippen molar-refractivity contribution in [1.82, 2.24) is 0 Å². The van der Waals surface area contributed by atoms with Crippen molar-refractivity contribution < 1.29 is 22.9 Å². The smallest absolute Gasteiger partial charge is 0.0238 e. The third-order valence-corrected chi connectivity index (χ3v) is 21.1. The van der Waals surface area contributed by atoms with Gasteiger partial charge in [-0.05, 0) is 24.0 Å². The maximum absolute atomic E-state index is 2.56. The molecule has 2 unspecified atom stereocenters. The molecule has 0 saturated heterocycles. The van der Waals surface area contributed by atoms with E-state index in [0.717, 1.165) is 12.8 Å². The van der Waals surface area contributed by atoms with Crippen LogP contribution in [0.4, 0.5) is 0 Å². The number of allylic oxidation sites excluding steroid dienone is 2. The molecule has 9 rings (SSSR count). The monoisotopic (exact) mass is 866 g/mol. The van der Waals surface area contributed by atoms with Gasteiger partial charge in [-0.25, -0.2) is 0 Å². The Kier molecular flexibility index (Phi) is 11.3. The molecule has 2 aliphatic rings. The Labute approximate surface area is 328 Å². The molecule has 0 aliphatic heterocycles. The molecule has 53 heavy (non-hydrogen) atoms. The van der Waals surface area contributed by atoms with Gasteiger partial charge in [0, 0.05) is 0 Å². The molecule has 0 spiro atoms. The summed E-state index contributed by atoms with van der Waals surface area (Å²) in [4.78, 5) is 0. The van der Waals surface area contributed by atoms with E-state index in [1.54, 1.807) is 22.0 Å². The van der Waals surface area contributed by atoms with Crippen LogP contribution in [0.3, 0.4) is 0 Å². The van der Waals surface area contributed by atoms with E-state index in [2.05, 4.69) is 213 Å². The second-order valence-electron chi connectivity index (χ2n) is 13.8. The van der Waals surface area contributed by atoms with Gasteiger partial charge in [0.2, 0.25) is 0 Å². The Bertz CT molecular complexity index is 2230. The molecule has 0 amide bonds. The predicted molar refractivity (Wildman–Crippen MR) is 225 cm³/mol. The number of rotatable bonds is 9. The molecule has 2 heteroatoms. The van der Waals surface area contributed by atoms with Gasteiger partial charge in [-0.15, -0.1) is 0 Å². The summed E-state index contributed by atoms with van der Waals surface area (Å²) in [6.07, 6.45) is 7.32. The van der Waals surface area contributed by atoms with Crippen molar-refractivity contribution in [3.63, 3.8) is 0 Å². The fraction of sp³-hybridized carbons (Fsp3) is 0.0980. The molecular formula is C51H43HfP. The maximum Gasteiger partial charge on any atom is -0.0238 e. The van der Waals surface area contributed by atoms with E-state index in [1.807, 2.05) is 0 Å². The number of benzene rings is 7. The van der Waals surface area contributed by atoms with Gasteiger partial charge in [0.1, 0.15) is 0 Å². The SMILES string of the molecule is CC1=Cc2c(-c3ccccc3)cccc2[CH]1[Hf][CH]1C(P(c2ccccc2)c2ccccc2)=Cc2ccccc21.c1ccc(CCc2ccccc2)cc1. The largest absolute Gasteiger partial charge is 0.0622 e. The number of hydrogen-bond donors (Lipinski definition) is 0. The van der Waals surface area contributed by atoms with Crippen LogP contribution in [0.2, 0.25) is 0 Å².